The van der Waals surface area contributed by atoms with Crippen molar-refractivity contribution in [2.24, 2.45) is 16.9 Å². The van der Waals surface area contributed by atoms with Crippen LogP contribution in [0.15, 0.2) is 53.7 Å². The molecule has 2 heterocycles. The fourth-order valence-corrected chi connectivity index (χ4v) is 5.16. The van der Waals surface area contributed by atoms with E-state index in [-0.39, 0.29) is 35.5 Å². The molecular formula is C27H28N2O5. The molecule has 1 aliphatic carbocycles. The van der Waals surface area contributed by atoms with Gasteiger partial charge in [0.25, 0.3) is 0 Å². The number of carbonyl (C=O) groups is 2. The second-order valence-corrected chi connectivity index (χ2v) is 9.70. The lowest BCUT2D eigenvalue weighted by Gasteiger charge is -2.37. The number of fused-ring (bicyclic) bond motifs is 2. The Morgan fingerprint density at radius 1 is 1.15 bits per heavy atom. The van der Waals surface area contributed by atoms with Crippen molar-refractivity contribution in [3.63, 3.8) is 0 Å². The van der Waals surface area contributed by atoms with E-state index in [9.17, 15) is 9.59 Å². The maximum absolute atomic E-state index is 13.4. The van der Waals surface area contributed by atoms with Gasteiger partial charge in [-0.15, -0.1) is 0 Å². The fraction of sp³-hybridized carbons (Fsp3) is 0.370. The van der Waals surface area contributed by atoms with Gasteiger partial charge in [0.2, 0.25) is 5.91 Å². The molecule has 2 aromatic carbocycles. The topological polar surface area (TPSA) is 88.4 Å². The molecule has 1 amide bonds. The van der Waals surface area contributed by atoms with Gasteiger partial charge in [-0.25, -0.2) is 9.80 Å². The number of amides is 1. The summed E-state index contributed by atoms with van der Waals surface area (Å²) in [5, 5.41) is 15.6. The molecule has 0 radical (unpaired) electrons. The monoisotopic (exact) mass is 460 g/mol. The van der Waals surface area contributed by atoms with Gasteiger partial charge in [-0.2, -0.15) is 5.10 Å². The number of hydrogen-bond acceptors (Lipinski definition) is 5. The highest BCUT2D eigenvalue weighted by atomic mass is 16.5. The van der Waals surface area contributed by atoms with E-state index in [0.29, 0.717) is 12.2 Å². The van der Waals surface area contributed by atoms with E-state index >= 15 is 0 Å². The van der Waals surface area contributed by atoms with Crippen LogP contribution in [0.2, 0.25) is 0 Å². The number of rotatable bonds is 5. The summed E-state index contributed by atoms with van der Waals surface area (Å²) in [6, 6.07) is 10.5. The van der Waals surface area contributed by atoms with Gasteiger partial charge in [0.15, 0.2) is 11.5 Å². The minimum absolute atomic E-state index is 0.00199. The Morgan fingerprint density at radius 2 is 1.85 bits per heavy atom. The van der Waals surface area contributed by atoms with Crippen LogP contribution in [-0.4, -0.2) is 40.4 Å². The third kappa shape index (κ3) is 3.85. The molecule has 5 rings (SSSR count). The maximum Gasteiger partial charge on any atom is 0.335 e. The van der Waals surface area contributed by atoms with E-state index in [4.69, 9.17) is 19.7 Å². The average Bonchev–Trinajstić information content (AvgIpc) is 3.16. The maximum atomic E-state index is 13.4. The number of methoxy groups -OCH3 is 1. The first-order valence-corrected chi connectivity index (χ1v) is 11.5. The zero-order valence-corrected chi connectivity index (χ0v) is 19.6. The van der Waals surface area contributed by atoms with Gasteiger partial charge in [0.1, 0.15) is 5.60 Å². The zero-order chi connectivity index (χ0) is 24.0. The van der Waals surface area contributed by atoms with E-state index in [1.165, 1.54) is 0 Å². The van der Waals surface area contributed by atoms with E-state index in [1.807, 2.05) is 12.1 Å². The molecule has 0 aromatic heterocycles. The molecule has 0 bridgehead atoms. The van der Waals surface area contributed by atoms with Crippen LogP contribution in [0.3, 0.4) is 0 Å². The summed E-state index contributed by atoms with van der Waals surface area (Å²) in [6.07, 6.45) is 6.38. The molecule has 7 heteroatoms. The largest absolute Gasteiger partial charge is 0.493 e. The second-order valence-electron chi connectivity index (χ2n) is 9.70. The summed E-state index contributed by atoms with van der Waals surface area (Å²) in [5.74, 6) is 0.308. The van der Waals surface area contributed by atoms with Crippen molar-refractivity contribution < 1.29 is 24.2 Å². The molecule has 2 atom stereocenters. The molecule has 2 aromatic rings. The number of carbonyl (C=O) groups excluding carboxylic acids is 1. The van der Waals surface area contributed by atoms with Crippen molar-refractivity contribution in [2.75, 3.05) is 7.11 Å². The SMILES string of the molecule is COc1ccc(C2=NN(Cc3ccc(C(=O)O)cc3)C(=O)[C@H]3CC=CC[C@@H]23)c2c1OC(C)(C)C2. The van der Waals surface area contributed by atoms with Crippen LogP contribution in [0.25, 0.3) is 0 Å². The Balaban J connectivity index is 1.56. The predicted octanol–water partition coefficient (Wildman–Crippen LogP) is 4.44. The minimum atomic E-state index is -0.976. The number of benzene rings is 2. The summed E-state index contributed by atoms with van der Waals surface area (Å²) in [4.78, 5) is 24.6. The molecule has 1 N–H and O–H groups in total. The van der Waals surface area contributed by atoms with Crippen LogP contribution in [0.5, 0.6) is 11.5 Å². The molecule has 3 aliphatic rings. The molecule has 0 spiro atoms. The van der Waals surface area contributed by atoms with Gasteiger partial charge < -0.3 is 14.6 Å². The number of ether oxygens (including phenoxy) is 2. The van der Waals surface area contributed by atoms with Crippen molar-refractivity contribution in [1.29, 1.82) is 0 Å². The third-order valence-electron chi connectivity index (χ3n) is 6.82. The first-order chi connectivity index (χ1) is 16.3. The fourth-order valence-electron chi connectivity index (χ4n) is 5.16. The van der Waals surface area contributed by atoms with Crippen molar-refractivity contribution in [3.05, 3.63) is 70.8 Å². The van der Waals surface area contributed by atoms with Gasteiger partial charge >= 0.3 is 5.97 Å². The van der Waals surface area contributed by atoms with Crippen molar-refractivity contribution in [3.8, 4) is 11.5 Å². The van der Waals surface area contributed by atoms with E-state index < -0.39 is 5.97 Å². The summed E-state index contributed by atoms with van der Waals surface area (Å²) in [6.45, 7) is 4.40. The number of carboxylic acids is 1. The lowest BCUT2D eigenvalue weighted by atomic mass is 9.75. The highest BCUT2D eigenvalue weighted by molar-refractivity contribution is 6.08. The molecule has 34 heavy (non-hydrogen) atoms. The molecule has 0 saturated heterocycles. The molecule has 176 valence electrons. The summed E-state index contributed by atoms with van der Waals surface area (Å²) >= 11 is 0. The molecular weight excluding hydrogens is 432 g/mol. The predicted molar refractivity (Wildman–Crippen MR) is 127 cm³/mol. The summed E-state index contributed by atoms with van der Waals surface area (Å²) in [7, 11) is 1.64. The normalized spacial score (nSPS) is 22.5. The van der Waals surface area contributed by atoms with Gasteiger partial charge in [0, 0.05) is 23.5 Å². The van der Waals surface area contributed by atoms with Crippen LogP contribution < -0.4 is 9.47 Å². The Kier molecular flexibility index (Phi) is 5.42. The Labute approximate surface area is 198 Å². The molecule has 7 nitrogen and oxygen atoms in total. The lowest BCUT2D eigenvalue weighted by Crippen LogP contribution is -2.45. The number of nitrogens with zero attached hydrogens (tertiary/aromatic N) is 2. The quantitative estimate of drug-likeness (QED) is 0.667. The van der Waals surface area contributed by atoms with E-state index in [1.54, 1.807) is 36.4 Å². The number of hydrogen-bond donors (Lipinski definition) is 1. The minimum Gasteiger partial charge on any atom is -0.493 e. The number of allylic oxidation sites excluding steroid dienone is 2. The highest BCUT2D eigenvalue weighted by Crippen LogP contribution is 2.46. The van der Waals surface area contributed by atoms with Gasteiger partial charge in [-0.05, 0) is 56.5 Å². The van der Waals surface area contributed by atoms with E-state index in [0.717, 1.165) is 41.0 Å². The van der Waals surface area contributed by atoms with Gasteiger partial charge in [-0.1, -0.05) is 24.3 Å². The highest BCUT2D eigenvalue weighted by Gasteiger charge is 2.43. The first-order valence-electron chi connectivity index (χ1n) is 11.5. The molecule has 0 unspecified atom stereocenters. The van der Waals surface area contributed by atoms with Crippen molar-refractivity contribution in [2.45, 2.75) is 45.3 Å². The van der Waals surface area contributed by atoms with Crippen molar-refractivity contribution >= 4 is 17.6 Å². The molecule has 2 aliphatic heterocycles. The van der Waals surface area contributed by atoms with Crippen LogP contribution in [0.4, 0.5) is 0 Å². The average molecular weight is 461 g/mol. The Hall–Kier alpha value is -3.61. The summed E-state index contributed by atoms with van der Waals surface area (Å²) < 4.78 is 11.8. The van der Waals surface area contributed by atoms with E-state index in [2.05, 4.69) is 26.0 Å². The number of aromatic carboxylic acids is 1. The number of hydrazone groups is 1. The van der Waals surface area contributed by atoms with Crippen LogP contribution in [0, 0.1) is 11.8 Å². The third-order valence-corrected chi connectivity index (χ3v) is 6.82. The summed E-state index contributed by atoms with van der Waals surface area (Å²) in [5.41, 5.74) is 3.66. The molecule has 0 fully saturated rings. The standard InChI is InChI=1S/C27H28N2O5/c1-27(2)14-21-19(12-13-22(33-3)24(21)34-27)23-18-6-4-5-7-20(18)25(30)29(28-23)15-16-8-10-17(11-9-16)26(31)32/h4-5,8-13,18,20H,6-7,14-15H2,1-3H3,(H,31,32)/t18-,20+/m1/s1. The Bertz CT molecular complexity index is 1210. The van der Waals surface area contributed by atoms with Crippen LogP contribution in [-0.2, 0) is 17.8 Å². The second kappa shape index (κ2) is 8.31. The molecule has 0 saturated carbocycles. The lowest BCUT2D eigenvalue weighted by molar-refractivity contribution is -0.138. The zero-order valence-electron chi connectivity index (χ0n) is 19.6. The van der Waals surface area contributed by atoms with Gasteiger partial charge in [0.05, 0.1) is 30.8 Å². The van der Waals surface area contributed by atoms with Crippen LogP contribution in [0.1, 0.15) is 53.7 Å². The Morgan fingerprint density at radius 3 is 2.53 bits per heavy atom. The van der Waals surface area contributed by atoms with Crippen molar-refractivity contribution in [1.82, 2.24) is 5.01 Å². The van der Waals surface area contributed by atoms with Gasteiger partial charge in [-0.3, -0.25) is 4.79 Å². The van der Waals surface area contributed by atoms with Crippen LogP contribution >= 0.6 is 0 Å². The number of carboxylic acid groups (broad SMARTS) is 1. The first kappa shape index (κ1) is 22.2. The smallest absolute Gasteiger partial charge is 0.335 e.